The number of carbonyl (C=O) groups is 4. The van der Waals surface area contributed by atoms with Crippen molar-refractivity contribution >= 4 is 40.4 Å². The molecule has 0 unspecified atom stereocenters. The molecule has 0 aliphatic rings. The molecule has 0 heterocycles. The van der Waals surface area contributed by atoms with E-state index in [1.54, 1.807) is 0 Å². The number of fused-ring (bicyclic) bond motifs is 1. The second kappa shape index (κ2) is 18.4. The topological polar surface area (TPSA) is 221 Å². The van der Waals surface area contributed by atoms with Crippen LogP contribution >= 0.6 is 0 Å². The van der Waals surface area contributed by atoms with E-state index in [9.17, 15) is 19.2 Å². The molecule has 0 aliphatic heterocycles. The lowest BCUT2D eigenvalue weighted by molar-refractivity contribution is -0.133. The molecule has 0 saturated carbocycles. The first-order valence-electron chi connectivity index (χ1n) is 15.0. The summed E-state index contributed by atoms with van der Waals surface area (Å²) in [5, 5.41) is 10.3. The number of guanidine groups is 1. The van der Waals surface area contributed by atoms with Crippen LogP contribution in [0.25, 0.3) is 10.8 Å². The minimum Gasteiger partial charge on any atom is -0.370 e. The van der Waals surface area contributed by atoms with Crippen LogP contribution in [0.5, 0.6) is 0 Å². The minimum absolute atomic E-state index is 0.0707. The van der Waals surface area contributed by atoms with Crippen molar-refractivity contribution in [3.63, 3.8) is 0 Å². The van der Waals surface area contributed by atoms with Crippen molar-refractivity contribution in [2.75, 3.05) is 6.54 Å². The van der Waals surface area contributed by atoms with E-state index in [1.165, 1.54) is 0 Å². The maximum absolute atomic E-state index is 13.7. The van der Waals surface area contributed by atoms with Gasteiger partial charge in [-0.1, -0.05) is 82.0 Å². The lowest BCUT2D eigenvalue weighted by Gasteiger charge is -2.25. The Bertz CT molecular complexity index is 1250. The van der Waals surface area contributed by atoms with Gasteiger partial charge in [0.2, 0.25) is 23.6 Å². The highest BCUT2D eigenvalue weighted by Crippen LogP contribution is 2.17. The summed E-state index contributed by atoms with van der Waals surface area (Å²) in [4.78, 5) is 55.9. The Kier molecular flexibility index (Phi) is 15.0. The lowest BCUT2D eigenvalue weighted by atomic mass is 9.99. The summed E-state index contributed by atoms with van der Waals surface area (Å²) in [6.07, 6.45) is 4.75. The van der Waals surface area contributed by atoms with Crippen molar-refractivity contribution in [3.05, 3.63) is 48.0 Å². The average molecular weight is 597 g/mol. The molecule has 0 bridgehead atoms. The fourth-order valence-electron chi connectivity index (χ4n) is 4.66. The van der Waals surface area contributed by atoms with Gasteiger partial charge in [0.1, 0.15) is 18.1 Å². The fraction of sp³-hybridized carbons (Fsp3) is 0.516. The number of amides is 4. The second-order valence-corrected chi connectivity index (χ2v) is 10.8. The number of hydrogen-bond donors (Lipinski definition) is 7. The predicted molar refractivity (Wildman–Crippen MR) is 170 cm³/mol. The van der Waals surface area contributed by atoms with Gasteiger partial charge in [0, 0.05) is 13.0 Å². The third-order valence-corrected chi connectivity index (χ3v) is 7.18. The number of nitrogens with one attached hydrogen (secondary N) is 3. The molecule has 0 aliphatic carbocycles. The van der Waals surface area contributed by atoms with Crippen molar-refractivity contribution in [1.82, 2.24) is 16.0 Å². The summed E-state index contributed by atoms with van der Waals surface area (Å²) in [5.41, 5.74) is 23.2. The molecule has 43 heavy (non-hydrogen) atoms. The zero-order valence-corrected chi connectivity index (χ0v) is 25.3. The summed E-state index contributed by atoms with van der Waals surface area (Å²) in [7, 11) is 0. The molecule has 4 atom stereocenters. The Balaban J connectivity index is 2.24. The normalized spacial score (nSPS) is 13.7. The highest BCUT2D eigenvalue weighted by molar-refractivity contribution is 5.95. The van der Waals surface area contributed by atoms with Crippen molar-refractivity contribution in [3.8, 4) is 0 Å². The van der Waals surface area contributed by atoms with Gasteiger partial charge >= 0.3 is 0 Å². The molecule has 4 amide bonds. The Morgan fingerprint density at radius 3 is 1.95 bits per heavy atom. The first kappa shape index (κ1) is 35.0. The molecule has 2 aromatic carbocycles. The zero-order valence-electron chi connectivity index (χ0n) is 25.3. The Morgan fingerprint density at radius 1 is 0.721 bits per heavy atom. The van der Waals surface area contributed by atoms with E-state index in [0.29, 0.717) is 25.7 Å². The van der Waals surface area contributed by atoms with Crippen molar-refractivity contribution in [1.29, 1.82) is 0 Å². The molecular formula is C31H48N8O4. The van der Waals surface area contributed by atoms with Gasteiger partial charge < -0.3 is 38.9 Å². The number of hydrogen-bond acceptors (Lipinski definition) is 6. The van der Waals surface area contributed by atoms with Crippen LogP contribution < -0.4 is 38.9 Å². The molecular weight excluding hydrogens is 548 g/mol. The monoisotopic (exact) mass is 596 g/mol. The molecule has 2 aromatic rings. The molecule has 0 spiro atoms. The zero-order chi connectivity index (χ0) is 31.8. The fourth-order valence-corrected chi connectivity index (χ4v) is 4.66. The quantitative estimate of drug-likeness (QED) is 0.0709. The number of aliphatic imine (C=N–C) groups is 1. The third kappa shape index (κ3) is 12.3. The van der Waals surface area contributed by atoms with Gasteiger partial charge in [0.15, 0.2) is 5.96 Å². The average Bonchev–Trinajstić information content (AvgIpc) is 2.98. The van der Waals surface area contributed by atoms with E-state index in [2.05, 4.69) is 20.9 Å². The molecule has 2 rings (SSSR count). The van der Waals surface area contributed by atoms with Gasteiger partial charge in [-0.05, 0) is 42.0 Å². The molecule has 0 saturated heterocycles. The van der Waals surface area contributed by atoms with E-state index >= 15 is 0 Å². The first-order chi connectivity index (χ1) is 20.5. The van der Waals surface area contributed by atoms with Crippen LogP contribution in [0.1, 0.15) is 70.8 Å². The van der Waals surface area contributed by atoms with Gasteiger partial charge in [-0.15, -0.1) is 0 Å². The van der Waals surface area contributed by atoms with E-state index in [0.717, 1.165) is 35.6 Å². The largest absolute Gasteiger partial charge is 0.370 e. The Hall–Kier alpha value is -4.19. The molecule has 0 aromatic heterocycles. The minimum atomic E-state index is -0.982. The number of unbranched alkanes of at least 4 members (excludes halogenated alkanes) is 2. The molecule has 0 fully saturated rings. The van der Waals surface area contributed by atoms with E-state index in [1.807, 2.05) is 56.3 Å². The Labute approximate surface area is 253 Å². The third-order valence-electron chi connectivity index (χ3n) is 7.18. The highest BCUT2D eigenvalue weighted by atomic mass is 16.2. The van der Waals surface area contributed by atoms with Crippen molar-refractivity contribution in [2.24, 2.45) is 27.9 Å². The van der Waals surface area contributed by atoms with Crippen LogP contribution in [-0.2, 0) is 25.6 Å². The van der Waals surface area contributed by atoms with Gasteiger partial charge in [-0.3, -0.25) is 24.2 Å². The number of rotatable bonds is 19. The van der Waals surface area contributed by atoms with Crippen LogP contribution in [0.3, 0.4) is 0 Å². The SMILES string of the molecule is CCCC[C@H](N)C(=O)N[C@@H](Cc1ccc2ccccc2c1)C(=O)N[C@H](CCCC)C(=O)N[C@@H](CCCN=C(N)N)C(N)=O. The second-order valence-electron chi connectivity index (χ2n) is 10.8. The molecule has 236 valence electrons. The van der Waals surface area contributed by atoms with Crippen LogP contribution in [0, 0.1) is 0 Å². The summed E-state index contributed by atoms with van der Waals surface area (Å²) < 4.78 is 0. The Morgan fingerprint density at radius 2 is 1.30 bits per heavy atom. The molecule has 12 heteroatoms. The van der Waals surface area contributed by atoms with Crippen LogP contribution in [0.4, 0.5) is 0 Å². The molecule has 0 radical (unpaired) electrons. The maximum Gasteiger partial charge on any atom is 0.243 e. The summed E-state index contributed by atoms with van der Waals surface area (Å²) in [6.45, 7) is 4.25. The number of nitrogens with two attached hydrogens (primary N) is 4. The predicted octanol–water partition coefficient (Wildman–Crippen LogP) is 1.08. The van der Waals surface area contributed by atoms with Gasteiger partial charge in [-0.2, -0.15) is 0 Å². The summed E-state index contributed by atoms with van der Waals surface area (Å²) in [6, 6.07) is 10.0. The summed E-state index contributed by atoms with van der Waals surface area (Å²) >= 11 is 0. The van der Waals surface area contributed by atoms with E-state index in [4.69, 9.17) is 22.9 Å². The standard InChI is InChI=1S/C31H48N8O4/c1-3-5-12-23(32)28(41)39-26(19-20-15-16-21-10-7-8-11-22(21)18-20)30(43)38-25(13-6-4-2)29(42)37-24(27(33)40)14-9-17-36-31(34)35/h7-8,10-11,15-16,18,23-26H,3-6,9,12-14,17,19,32H2,1-2H3,(H2,33,40)(H,37,42)(H,38,43)(H,39,41)(H4,34,35,36)/t23-,24-,25+,26-/m0/s1. The molecule has 11 N–H and O–H groups in total. The van der Waals surface area contributed by atoms with E-state index < -0.39 is 47.8 Å². The molecule has 12 nitrogen and oxygen atoms in total. The van der Waals surface area contributed by atoms with Gasteiger partial charge in [0.25, 0.3) is 0 Å². The maximum atomic E-state index is 13.7. The highest BCUT2D eigenvalue weighted by Gasteiger charge is 2.30. The number of nitrogens with zero attached hydrogens (tertiary/aromatic N) is 1. The number of primary amides is 1. The smallest absolute Gasteiger partial charge is 0.243 e. The first-order valence-corrected chi connectivity index (χ1v) is 15.0. The van der Waals surface area contributed by atoms with Crippen molar-refractivity contribution < 1.29 is 19.2 Å². The van der Waals surface area contributed by atoms with Gasteiger partial charge in [0.05, 0.1) is 6.04 Å². The van der Waals surface area contributed by atoms with Crippen LogP contribution in [0.15, 0.2) is 47.5 Å². The summed E-state index contributed by atoms with van der Waals surface area (Å²) in [5.74, 6) is -2.27. The van der Waals surface area contributed by atoms with Crippen LogP contribution in [0.2, 0.25) is 0 Å². The van der Waals surface area contributed by atoms with Crippen molar-refractivity contribution in [2.45, 2.75) is 95.8 Å². The van der Waals surface area contributed by atoms with Crippen LogP contribution in [-0.4, -0.2) is 60.3 Å². The van der Waals surface area contributed by atoms with Gasteiger partial charge in [-0.25, -0.2) is 0 Å². The number of carbonyl (C=O) groups excluding carboxylic acids is 4. The lowest BCUT2D eigenvalue weighted by Crippen LogP contribution is -2.58. The van der Waals surface area contributed by atoms with E-state index in [-0.39, 0.29) is 25.3 Å². The number of benzene rings is 2.